The summed E-state index contributed by atoms with van der Waals surface area (Å²) in [5.74, 6) is -2.28. The minimum Gasteiger partial charge on any atom is -0.462 e. The Balaban J connectivity index is 1.88. The topological polar surface area (TPSA) is 108 Å². The minimum absolute atomic E-state index is 0.0140. The number of ether oxygens (including phenoxy) is 4. The molecule has 0 fully saturated rings. The Bertz CT molecular complexity index is 1210. The van der Waals surface area contributed by atoms with Gasteiger partial charge in [-0.1, -0.05) is 66.7 Å². The van der Waals surface area contributed by atoms with Gasteiger partial charge in [0.1, 0.15) is 13.2 Å². The van der Waals surface area contributed by atoms with Crippen LogP contribution in [0.15, 0.2) is 84.1 Å². The molecule has 2 aliphatic rings. The molecular formula is C29H29NO8. The summed E-state index contributed by atoms with van der Waals surface area (Å²) >= 11 is 0. The SMILES string of the molecule is CC(=O)OC[C@@H](OC(C)=O)[C@@H](OC(C)=O)[C@@H]1C=CC2=C(COC2=O)N1C(c1ccccc1)c1ccccc1. The Morgan fingerprint density at radius 3 is 2.00 bits per heavy atom. The van der Waals surface area contributed by atoms with Crippen molar-refractivity contribution in [2.24, 2.45) is 0 Å². The van der Waals surface area contributed by atoms with E-state index in [9.17, 15) is 19.2 Å². The average Bonchev–Trinajstić information content (AvgIpc) is 3.27. The maximum atomic E-state index is 12.6. The van der Waals surface area contributed by atoms with Gasteiger partial charge >= 0.3 is 23.9 Å². The molecule has 0 saturated heterocycles. The first kappa shape index (κ1) is 26.7. The number of hydrogen-bond donors (Lipinski definition) is 0. The molecule has 0 unspecified atom stereocenters. The van der Waals surface area contributed by atoms with Crippen LogP contribution in [-0.4, -0.2) is 60.2 Å². The highest BCUT2D eigenvalue weighted by Crippen LogP contribution is 2.41. The van der Waals surface area contributed by atoms with Crippen molar-refractivity contribution >= 4 is 23.9 Å². The summed E-state index contributed by atoms with van der Waals surface area (Å²) in [6.07, 6.45) is 1.14. The zero-order chi connectivity index (χ0) is 27.2. The van der Waals surface area contributed by atoms with E-state index in [2.05, 4.69) is 0 Å². The monoisotopic (exact) mass is 519 g/mol. The lowest BCUT2D eigenvalue weighted by Gasteiger charge is -2.45. The fourth-order valence-corrected chi connectivity index (χ4v) is 4.80. The summed E-state index contributed by atoms with van der Waals surface area (Å²) in [7, 11) is 0. The summed E-state index contributed by atoms with van der Waals surface area (Å²) in [4.78, 5) is 50.5. The van der Waals surface area contributed by atoms with Crippen molar-refractivity contribution in [1.29, 1.82) is 0 Å². The van der Waals surface area contributed by atoms with E-state index in [-0.39, 0.29) is 13.2 Å². The zero-order valence-corrected chi connectivity index (χ0v) is 21.4. The van der Waals surface area contributed by atoms with Crippen LogP contribution in [0.2, 0.25) is 0 Å². The van der Waals surface area contributed by atoms with E-state index in [0.717, 1.165) is 11.1 Å². The first-order chi connectivity index (χ1) is 18.3. The lowest BCUT2D eigenvalue weighted by atomic mass is 9.89. The fourth-order valence-electron chi connectivity index (χ4n) is 4.80. The molecule has 3 atom stereocenters. The van der Waals surface area contributed by atoms with Crippen LogP contribution < -0.4 is 0 Å². The van der Waals surface area contributed by atoms with E-state index < -0.39 is 48.2 Å². The molecule has 9 nitrogen and oxygen atoms in total. The number of carbonyl (C=O) groups is 4. The van der Waals surface area contributed by atoms with E-state index in [1.54, 1.807) is 12.2 Å². The highest BCUT2D eigenvalue weighted by atomic mass is 16.6. The summed E-state index contributed by atoms with van der Waals surface area (Å²) < 4.78 is 21.9. The summed E-state index contributed by atoms with van der Waals surface area (Å²) in [5, 5.41) is 0. The molecule has 2 aliphatic heterocycles. The number of nitrogens with zero attached hydrogens (tertiary/aromatic N) is 1. The quantitative estimate of drug-likeness (QED) is 0.364. The molecule has 2 aromatic rings. The third kappa shape index (κ3) is 5.94. The van der Waals surface area contributed by atoms with E-state index in [1.165, 1.54) is 20.8 Å². The van der Waals surface area contributed by atoms with Crippen molar-refractivity contribution < 1.29 is 38.1 Å². The van der Waals surface area contributed by atoms with Gasteiger partial charge in [0.15, 0.2) is 12.2 Å². The Labute approximate surface area is 220 Å². The van der Waals surface area contributed by atoms with Gasteiger partial charge in [-0.05, 0) is 17.2 Å². The Morgan fingerprint density at radius 2 is 1.47 bits per heavy atom. The van der Waals surface area contributed by atoms with Crippen LogP contribution >= 0.6 is 0 Å². The summed E-state index contributed by atoms with van der Waals surface area (Å²) in [6, 6.07) is 18.2. The van der Waals surface area contributed by atoms with Crippen LogP contribution in [0, 0.1) is 0 Å². The van der Waals surface area contributed by atoms with Gasteiger partial charge in [0.2, 0.25) is 0 Å². The summed E-state index contributed by atoms with van der Waals surface area (Å²) in [6.45, 7) is 3.39. The van der Waals surface area contributed by atoms with Gasteiger partial charge in [-0.15, -0.1) is 0 Å². The second-order valence-corrected chi connectivity index (χ2v) is 8.94. The van der Waals surface area contributed by atoms with Gasteiger partial charge in [-0.25, -0.2) is 4.79 Å². The van der Waals surface area contributed by atoms with Crippen LogP contribution in [0.1, 0.15) is 37.9 Å². The molecule has 0 bridgehead atoms. The van der Waals surface area contributed by atoms with Crippen LogP contribution in [0.25, 0.3) is 0 Å². The van der Waals surface area contributed by atoms with Crippen molar-refractivity contribution in [2.45, 2.75) is 45.1 Å². The lowest BCUT2D eigenvalue weighted by Crippen LogP contribution is -2.54. The van der Waals surface area contributed by atoms with Gasteiger partial charge in [0, 0.05) is 20.8 Å². The molecule has 4 rings (SSSR count). The van der Waals surface area contributed by atoms with Crippen molar-refractivity contribution in [2.75, 3.05) is 13.2 Å². The molecule has 38 heavy (non-hydrogen) atoms. The van der Waals surface area contributed by atoms with Crippen LogP contribution in [0.3, 0.4) is 0 Å². The second-order valence-electron chi connectivity index (χ2n) is 8.94. The Hall–Kier alpha value is -4.40. The van der Waals surface area contributed by atoms with Crippen molar-refractivity contribution in [3.05, 3.63) is 95.2 Å². The molecule has 0 N–H and O–H groups in total. The molecular weight excluding hydrogens is 490 g/mol. The average molecular weight is 520 g/mol. The molecule has 0 aromatic heterocycles. The number of rotatable bonds is 9. The largest absolute Gasteiger partial charge is 0.462 e. The number of esters is 4. The van der Waals surface area contributed by atoms with Gasteiger partial charge in [0.25, 0.3) is 0 Å². The fraction of sp³-hybridized carbons (Fsp3) is 0.310. The summed E-state index contributed by atoms with van der Waals surface area (Å²) in [5.41, 5.74) is 2.82. The smallest absolute Gasteiger partial charge is 0.340 e. The van der Waals surface area contributed by atoms with E-state index in [4.69, 9.17) is 18.9 Å². The van der Waals surface area contributed by atoms with Crippen molar-refractivity contribution in [1.82, 2.24) is 4.90 Å². The van der Waals surface area contributed by atoms with Gasteiger partial charge in [-0.3, -0.25) is 14.4 Å². The normalized spacial score (nSPS) is 17.9. The molecule has 0 amide bonds. The van der Waals surface area contributed by atoms with Gasteiger partial charge < -0.3 is 23.8 Å². The lowest BCUT2D eigenvalue weighted by molar-refractivity contribution is -0.177. The standard InChI is InChI=1S/C29H29NO8/c1-18(31)35-17-26(37-19(2)32)28(38-20(3)33)24-15-14-23-25(16-36-29(23)34)30(24)27(21-10-6-4-7-11-21)22-12-8-5-9-13-22/h4-15,24,26-28H,16-17H2,1-3H3/t24-,26+,28-/m0/s1. The first-order valence-corrected chi connectivity index (χ1v) is 12.2. The zero-order valence-electron chi connectivity index (χ0n) is 21.4. The number of benzene rings is 2. The van der Waals surface area contributed by atoms with Crippen molar-refractivity contribution in [3.8, 4) is 0 Å². The molecule has 0 saturated carbocycles. The third-order valence-corrected chi connectivity index (χ3v) is 6.25. The number of carbonyl (C=O) groups excluding carboxylic acids is 4. The predicted molar refractivity (Wildman–Crippen MR) is 135 cm³/mol. The molecule has 2 aromatic carbocycles. The second kappa shape index (κ2) is 11.8. The molecule has 9 heteroatoms. The van der Waals surface area contributed by atoms with Gasteiger partial charge in [-0.2, -0.15) is 0 Å². The highest BCUT2D eigenvalue weighted by Gasteiger charge is 2.45. The number of hydrogen-bond acceptors (Lipinski definition) is 9. The molecule has 198 valence electrons. The van der Waals surface area contributed by atoms with Gasteiger partial charge in [0.05, 0.1) is 23.4 Å². The maximum Gasteiger partial charge on any atom is 0.340 e. The molecule has 0 radical (unpaired) electrons. The van der Waals surface area contributed by atoms with Crippen LogP contribution in [0.4, 0.5) is 0 Å². The Kier molecular flexibility index (Phi) is 8.25. The first-order valence-electron chi connectivity index (χ1n) is 12.2. The molecule has 0 spiro atoms. The molecule has 2 heterocycles. The van der Waals surface area contributed by atoms with E-state index in [1.807, 2.05) is 65.6 Å². The van der Waals surface area contributed by atoms with Crippen LogP contribution in [0.5, 0.6) is 0 Å². The Morgan fingerprint density at radius 1 is 0.895 bits per heavy atom. The molecule has 0 aliphatic carbocycles. The van der Waals surface area contributed by atoms with Crippen molar-refractivity contribution in [3.63, 3.8) is 0 Å². The minimum atomic E-state index is -1.12. The maximum absolute atomic E-state index is 12.6. The predicted octanol–water partition coefficient (Wildman–Crippen LogP) is 3.25. The van der Waals surface area contributed by atoms with E-state index >= 15 is 0 Å². The van der Waals surface area contributed by atoms with Crippen LogP contribution in [-0.2, 0) is 38.1 Å². The van der Waals surface area contributed by atoms with E-state index in [0.29, 0.717) is 11.3 Å². The highest BCUT2D eigenvalue weighted by molar-refractivity contribution is 5.95. The third-order valence-electron chi connectivity index (χ3n) is 6.25. The number of cyclic esters (lactones) is 1.